The van der Waals surface area contributed by atoms with Crippen molar-refractivity contribution in [3.05, 3.63) is 0 Å². The van der Waals surface area contributed by atoms with Crippen LogP contribution in [0.2, 0.25) is 0 Å². The van der Waals surface area contributed by atoms with Crippen molar-refractivity contribution in [2.75, 3.05) is 118 Å². The van der Waals surface area contributed by atoms with Crippen LogP contribution in [0.5, 0.6) is 0 Å². The van der Waals surface area contributed by atoms with Crippen molar-refractivity contribution >= 4 is 0 Å². The molecule has 0 rings (SSSR count). The minimum Gasteiger partial charge on any atom is -0.396 e. The van der Waals surface area contributed by atoms with Crippen LogP contribution in [0.3, 0.4) is 0 Å². The minimum absolute atomic E-state index is 0.220. The second-order valence-electron chi connectivity index (χ2n) is 11.0. The molecule has 0 aliphatic heterocycles. The highest BCUT2D eigenvalue weighted by Crippen LogP contribution is 2.05. The Morgan fingerprint density at radius 2 is 0.350 bits per heavy atom. The van der Waals surface area contributed by atoms with Crippen LogP contribution in [-0.2, 0) is 0 Å². The first-order chi connectivity index (χ1) is 19.6. The molecule has 10 heteroatoms. The van der Waals surface area contributed by atoms with Crippen LogP contribution in [0, 0.1) is 0 Å². The van der Waals surface area contributed by atoms with Crippen LogP contribution in [-0.4, -0.2) is 168 Å². The van der Waals surface area contributed by atoms with E-state index in [1.807, 2.05) is 0 Å². The van der Waals surface area contributed by atoms with E-state index in [4.69, 9.17) is 0 Å². The van der Waals surface area contributed by atoms with Crippen LogP contribution in [0.25, 0.3) is 0 Å². The van der Waals surface area contributed by atoms with E-state index in [0.717, 1.165) is 156 Å². The molecule has 0 radical (unpaired) electrons. The fourth-order valence-corrected chi connectivity index (χ4v) is 4.87. The summed E-state index contributed by atoms with van der Waals surface area (Å²) in [6, 6.07) is 0. The molecule has 0 saturated heterocycles. The van der Waals surface area contributed by atoms with Gasteiger partial charge in [-0.3, -0.25) is 0 Å². The Kier molecular flexibility index (Phi) is 31.2. The van der Waals surface area contributed by atoms with E-state index < -0.39 is 0 Å². The Morgan fingerprint density at radius 3 is 0.500 bits per heavy atom. The second-order valence-corrected chi connectivity index (χ2v) is 11.0. The van der Waals surface area contributed by atoms with Gasteiger partial charge in [-0.15, -0.1) is 0 Å². The molecular formula is C30H66N4O6. The second kappa shape index (κ2) is 31.5. The normalized spacial score (nSPS) is 12.2. The molecule has 0 amide bonds. The quantitative estimate of drug-likeness (QED) is 0.0622. The highest BCUT2D eigenvalue weighted by atomic mass is 16.3. The predicted molar refractivity (Wildman–Crippen MR) is 164 cm³/mol. The number of rotatable bonds is 33. The third kappa shape index (κ3) is 25.3. The molecule has 6 N–H and O–H groups in total. The Balaban J connectivity index is 5.08. The van der Waals surface area contributed by atoms with E-state index in [2.05, 4.69) is 19.6 Å². The minimum atomic E-state index is 0.220. The number of hydrogen-bond acceptors (Lipinski definition) is 10. The summed E-state index contributed by atoms with van der Waals surface area (Å²) < 4.78 is 0. The summed E-state index contributed by atoms with van der Waals surface area (Å²) in [5.41, 5.74) is 0. The van der Waals surface area contributed by atoms with Crippen LogP contribution < -0.4 is 0 Å². The molecule has 242 valence electrons. The smallest absolute Gasteiger partial charge is 0.0431 e. The summed E-state index contributed by atoms with van der Waals surface area (Å²) >= 11 is 0. The first kappa shape index (κ1) is 39.6. The Bertz CT molecular complexity index is 433. The van der Waals surface area contributed by atoms with Crippen molar-refractivity contribution in [3.8, 4) is 0 Å². The zero-order valence-electron chi connectivity index (χ0n) is 25.7. The van der Waals surface area contributed by atoms with E-state index in [-0.39, 0.29) is 39.6 Å². The van der Waals surface area contributed by atoms with Crippen molar-refractivity contribution in [2.24, 2.45) is 0 Å². The van der Waals surface area contributed by atoms with Gasteiger partial charge < -0.3 is 50.2 Å². The lowest BCUT2D eigenvalue weighted by Crippen LogP contribution is -2.43. The Hall–Kier alpha value is -0.400. The Labute approximate surface area is 245 Å². The van der Waals surface area contributed by atoms with Gasteiger partial charge in [0.25, 0.3) is 0 Å². The molecular weight excluding hydrogens is 512 g/mol. The maximum absolute atomic E-state index is 9.32. The molecule has 0 aromatic rings. The fourth-order valence-electron chi connectivity index (χ4n) is 4.87. The van der Waals surface area contributed by atoms with Gasteiger partial charge >= 0.3 is 0 Å². The van der Waals surface area contributed by atoms with Gasteiger partial charge in [-0.2, -0.15) is 0 Å². The van der Waals surface area contributed by atoms with E-state index in [0.29, 0.717) is 0 Å². The van der Waals surface area contributed by atoms with Crippen molar-refractivity contribution < 1.29 is 30.6 Å². The summed E-state index contributed by atoms with van der Waals surface area (Å²) in [6.07, 6.45) is 10.7. The topological polar surface area (TPSA) is 134 Å². The first-order valence-corrected chi connectivity index (χ1v) is 16.2. The molecule has 0 unspecified atom stereocenters. The van der Waals surface area contributed by atoms with E-state index >= 15 is 0 Å². The summed E-state index contributed by atoms with van der Waals surface area (Å²) in [6.45, 7) is 12.9. The first-order valence-electron chi connectivity index (χ1n) is 16.2. The van der Waals surface area contributed by atoms with Gasteiger partial charge in [0.1, 0.15) is 0 Å². The average molecular weight is 579 g/mol. The van der Waals surface area contributed by atoms with Gasteiger partial charge in [0, 0.05) is 78.9 Å². The largest absolute Gasteiger partial charge is 0.396 e. The fraction of sp³-hybridized carbons (Fsp3) is 1.00. The molecule has 0 fully saturated rings. The van der Waals surface area contributed by atoms with Crippen molar-refractivity contribution in [1.82, 2.24) is 19.6 Å². The number of unbranched alkanes of at least 4 members (excludes halogenated alkanes) is 6. The van der Waals surface area contributed by atoms with E-state index in [1.54, 1.807) is 0 Å². The summed E-state index contributed by atoms with van der Waals surface area (Å²) in [5.74, 6) is 0. The molecule has 0 bridgehead atoms. The molecule has 0 aliphatic carbocycles. The van der Waals surface area contributed by atoms with Crippen LogP contribution >= 0.6 is 0 Å². The van der Waals surface area contributed by atoms with Gasteiger partial charge in [0.05, 0.1) is 0 Å². The highest BCUT2D eigenvalue weighted by Gasteiger charge is 2.14. The lowest BCUT2D eigenvalue weighted by molar-refractivity contribution is 0.148. The van der Waals surface area contributed by atoms with Crippen molar-refractivity contribution in [1.29, 1.82) is 0 Å². The van der Waals surface area contributed by atoms with Gasteiger partial charge in [0.2, 0.25) is 0 Å². The third-order valence-electron chi connectivity index (χ3n) is 7.49. The molecule has 0 heterocycles. The van der Waals surface area contributed by atoms with Crippen LogP contribution in [0.4, 0.5) is 0 Å². The molecule has 0 aliphatic rings. The average Bonchev–Trinajstić information content (AvgIpc) is 2.96. The maximum atomic E-state index is 9.32. The molecule has 10 nitrogen and oxygen atoms in total. The van der Waals surface area contributed by atoms with Gasteiger partial charge in [-0.25, -0.2) is 0 Å². The van der Waals surface area contributed by atoms with Crippen molar-refractivity contribution in [2.45, 2.75) is 77.0 Å². The maximum Gasteiger partial charge on any atom is 0.0431 e. The highest BCUT2D eigenvalue weighted by molar-refractivity contribution is 4.70. The summed E-state index contributed by atoms with van der Waals surface area (Å²) in [7, 11) is 0. The van der Waals surface area contributed by atoms with E-state index in [1.165, 1.54) is 0 Å². The number of nitrogens with zero attached hydrogens (tertiary/aromatic N) is 4. The lowest BCUT2D eigenvalue weighted by Gasteiger charge is -2.31. The zero-order chi connectivity index (χ0) is 29.5. The van der Waals surface area contributed by atoms with Crippen molar-refractivity contribution in [3.63, 3.8) is 0 Å². The molecule has 40 heavy (non-hydrogen) atoms. The summed E-state index contributed by atoms with van der Waals surface area (Å²) in [4.78, 5) is 9.94. The predicted octanol–water partition coefficient (Wildman–Crippen LogP) is 0.829. The monoisotopic (exact) mass is 578 g/mol. The molecule has 0 aromatic heterocycles. The molecule has 0 saturated carbocycles. The SMILES string of the molecule is OCCCCN(CCCCO)CCN(CCCCO)CCN(CCCCO)CCN(CCCCO)CCCCO. The molecule has 0 aromatic carbocycles. The van der Waals surface area contributed by atoms with Crippen LogP contribution in [0.1, 0.15) is 77.0 Å². The number of aliphatic hydroxyl groups excluding tert-OH is 6. The zero-order valence-corrected chi connectivity index (χ0v) is 25.7. The van der Waals surface area contributed by atoms with E-state index in [9.17, 15) is 30.6 Å². The number of hydrogen-bond donors (Lipinski definition) is 6. The molecule has 0 spiro atoms. The number of aliphatic hydroxyl groups is 6. The standard InChI is InChI=1S/C30H66N4O6/c35-25-7-1-13-31(14-2-8-26-36)19-21-33(17-5-11-29-39)23-24-34(18-6-12-30-40)22-20-32(15-3-9-27-37)16-4-10-28-38/h35-40H,1-30H2. The molecule has 0 atom stereocenters. The Morgan fingerprint density at radius 1 is 0.200 bits per heavy atom. The lowest BCUT2D eigenvalue weighted by atomic mass is 10.2. The summed E-state index contributed by atoms with van der Waals surface area (Å²) in [5, 5.41) is 55.4. The van der Waals surface area contributed by atoms with Gasteiger partial charge in [-0.05, 0) is 116 Å². The van der Waals surface area contributed by atoms with Gasteiger partial charge in [-0.1, -0.05) is 0 Å². The third-order valence-corrected chi connectivity index (χ3v) is 7.49. The van der Waals surface area contributed by atoms with Gasteiger partial charge in [0.15, 0.2) is 0 Å². The van der Waals surface area contributed by atoms with Crippen LogP contribution in [0.15, 0.2) is 0 Å².